The van der Waals surface area contributed by atoms with Gasteiger partial charge in [0, 0.05) is 25.7 Å². The number of carbonyl (C=O) groups is 2. The molecule has 1 aliphatic carbocycles. The second-order valence-corrected chi connectivity index (χ2v) is 10.0. The molecule has 2 aliphatic rings. The smallest absolute Gasteiger partial charge is 0.373 e. The van der Waals surface area contributed by atoms with E-state index >= 15 is 0 Å². The highest BCUT2D eigenvalue weighted by molar-refractivity contribution is 7.89. The van der Waals surface area contributed by atoms with Crippen molar-refractivity contribution in [3.05, 3.63) is 29.8 Å². The molecule has 2 amide bonds. The van der Waals surface area contributed by atoms with Crippen LogP contribution in [0.1, 0.15) is 24.8 Å². The first-order valence-electron chi connectivity index (χ1n) is 10.8. The number of nitrogens with two attached hydrogens (primary N) is 1. The zero-order valence-electron chi connectivity index (χ0n) is 18.6. The van der Waals surface area contributed by atoms with Crippen LogP contribution in [0.2, 0.25) is 0 Å². The average Bonchev–Trinajstić information content (AvgIpc) is 3.61. The zero-order valence-corrected chi connectivity index (χ0v) is 19.4. The van der Waals surface area contributed by atoms with Crippen LogP contribution >= 0.6 is 0 Å². The third-order valence-corrected chi connectivity index (χ3v) is 6.91. The number of alkyl halides is 3. The Bertz CT molecular complexity index is 1050. The molecule has 1 aliphatic heterocycles. The molecule has 3 rings (SSSR count). The van der Waals surface area contributed by atoms with E-state index in [1.807, 2.05) is 0 Å². The van der Waals surface area contributed by atoms with Crippen LogP contribution in [0.25, 0.3) is 0 Å². The summed E-state index contributed by atoms with van der Waals surface area (Å²) in [5.74, 6) is -1.48. The lowest BCUT2D eigenvalue weighted by Gasteiger charge is -2.33. The van der Waals surface area contributed by atoms with Crippen LogP contribution in [-0.2, 0) is 30.5 Å². The number of morpholine rings is 1. The van der Waals surface area contributed by atoms with E-state index in [1.54, 1.807) is 4.90 Å². The molecule has 11 nitrogen and oxygen atoms in total. The first kappa shape index (κ1) is 26.7. The van der Waals surface area contributed by atoms with Crippen LogP contribution in [0.15, 0.2) is 29.2 Å². The van der Waals surface area contributed by atoms with E-state index in [9.17, 15) is 31.2 Å². The van der Waals surface area contributed by atoms with Crippen LogP contribution in [-0.4, -0.2) is 75.5 Å². The summed E-state index contributed by atoms with van der Waals surface area (Å²) in [6.45, 7) is 1.07. The first-order chi connectivity index (χ1) is 16.3. The van der Waals surface area contributed by atoms with E-state index in [-0.39, 0.29) is 25.1 Å². The van der Waals surface area contributed by atoms with Crippen LogP contribution in [0.3, 0.4) is 0 Å². The number of halogens is 3. The Morgan fingerprint density at radius 2 is 1.89 bits per heavy atom. The Kier molecular flexibility index (Phi) is 8.22. The summed E-state index contributed by atoms with van der Waals surface area (Å²) >= 11 is 0. The Hall–Kier alpha value is -2.91. The number of amides is 2. The van der Waals surface area contributed by atoms with Crippen molar-refractivity contribution >= 4 is 27.8 Å². The number of sulfonamides is 1. The van der Waals surface area contributed by atoms with Gasteiger partial charge in [-0.1, -0.05) is 0 Å². The maximum Gasteiger partial charge on any atom is 0.416 e. The number of carbonyl (C=O) groups excluding carboxylic acids is 2. The minimum Gasteiger partial charge on any atom is -0.373 e. The predicted molar refractivity (Wildman–Crippen MR) is 118 cm³/mol. The molecule has 0 radical (unpaired) electrons. The van der Waals surface area contributed by atoms with Gasteiger partial charge < -0.3 is 26.0 Å². The number of ether oxygens (including phenoxy) is 1. The summed E-state index contributed by atoms with van der Waals surface area (Å²) in [6.07, 6.45) is -4.19. The highest BCUT2D eigenvalue weighted by Gasteiger charge is 2.34. The van der Waals surface area contributed by atoms with Gasteiger partial charge in [0.15, 0.2) is 5.96 Å². The van der Waals surface area contributed by atoms with Crippen LogP contribution in [0.5, 0.6) is 0 Å². The van der Waals surface area contributed by atoms with E-state index in [1.165, 1.54) is 0 Å². The number of benzene rings is 1. The van der Waals surface area contributed by atoms with Crippen LogP contribution < -0.4 is 21.1 Å². The van der Waals surface area contributed by atoms with E-state index in [2.05, 4.69) is 15.4 Å². The summed E-state index contributed by atoms with van der Waals surface area (Å²) in [5, 5.41) is 12.7. The zero-order chi connectivity index (χ0) is 25.8. The lowest BCUT2D eigenvalue weighted by Crippen LogP contribution is -2.52. The van der Waals surface area contributed by atoms with E-state index in [4.69, 9.17) is 15.9 Å². The maximum atomic E-state index is 12.8. The fourth-order valence-electron chi connectivity index (χ4n) is 3.34. The molecular formula is C20H27F3N6O5S. The highest BCUT2D eigenvalue weighted by atomic mass is 32.2. The van der Waals surface area contributed by atoms with Gasteiger partial charge in [-0.2, -0.15) is 17.9 Å². The van der Waals surface area contributed by atoms with Crippen molar-refractivity contribution in [3.63, 3.8) is 0 Å². The quantitative estimate of drug-likeness (QED) is 0.221. The third-order valence-electron chi connectivity index (χ3n) is 5.43. The molecule has 0 aromatic heterocycles. The number of hydrogen-bond donors (Lipinski definition) is 5. The Balaban J connectivity index is 1.64. The molecule has 0 bridgehead atoms. The summed E-state index contributed by atoms with van der Waals surface area (Å²) in [4.78, 5) is 26.2. The van der Waals surface area contributed by atoms with Crippen molar-refractivity contribution in [1.82, 2.24) is 20.3 Å². The van der Waals surface area contributed by atoms with Gasteiger partial charge in [-0.05, 0) is 37.1 Å². The van der Waals surface area contributed by atoms with Gasteiger partial charge in [0.1, 0.15) is 6.04 Å². The minimum atomic E-state index is -4.63. The average molecular weight is 521 g/mol. The molecule has 2 fully saturated rings. The summed E-state index contributed by atoms with van der Waals surface area (Å²) < 4.78 is 71.4. The second-order valence-electron chi connectivity index (χ2n) is 8.31. The Labute approximate surface area is 200 Å². The van der Waals surface area contributed by atoms with E-state index in [0.29, 0.717) is 25.3 Å². The molecule has 1 aromatic rings. The van der Waals surface area contributed by atoms with Gasteiger partial charge in [-0.3, -0.25) is 15.0 Å². The molecule has 1 saturated carbocycles. The fourth-order valence-corrected chi connectivity index (χ4v) is 4.54. The van der Waals surface area contributed by atoms with E-state index < -0.39 is 57.0 Å². The van der Waals surface area contributed by atoms with Crippen molar-refractivity contribution in [3.8, 4) is 0 Å². The monoisotopic (exact) mass is 520 g/mol. The first-order valence-corrected chi connectivity index (χ1v) is 12.3. The largest absolute Gasteiger partial charge is 0.416 e. The molecule has 2 atom stereocenters. The number of guanidine groups is 1. The Morgan fingerprint density at radius 3 is 2.46 bits per heavy atom. The normalized spacial score (nSPS) is 19.6. The third kappa shape index (κ3) is 7.80. The Morgan fingerprint density at radius 1 is 1.23 bits per heavy atom. The van der Waals surface area contributed by atoms with Crippen molar-refractivity contribution in [2.45, 2.75) is 48.5 Å². The van der Waals surface area contributed by atoms with Crippen molar-refractivity contribution in [2.24, 2.45) is 5.73 Å². The van der Waals surface area contributed by atoms with Gasteiger partial charge >= 0.3 is 6.18 Å². The second kappa shape index (κ2) is 10.8. The van der Waals surface area contributed by atoms with Gasteiger partial charge in [0.25, 0.3) is 0 Å². The van der Waals surface area contributed by atoms with Crippen LogP contribution in [0, 0.1) is 5.41 Å². The summed E-state index contributed by atoms with van der Waals surface area (Å²) in [7, 11) is -4.41. The van der Waals surface area contributed by atoms with Crippen molar-refractivity contribution < 1.29 is 35.9 Å². The lowest BCUT2D eigenvalue weighted by atomic mass is 10.2. The van der Waals surface area contributed by atoms with Gasteiger partial charge in [-0.15, -0.1) is 0 Å². The molecule has 194 valence electrons. The lowest BCUT2D eigenvalue weighted by molar-refractivity contribution is -0.137. The van der Waals surface area contributed by atoms with Crippen LogP contribution in [0.4, 0.5) is 13.2 Å². The molecular weight excluding hydrogens is 493 g/mol. The molecule has 6 N–H and O–H groups in total. The van der Waals surface area contributed by atoms with Crippen molar-refractivity contribution in [1.29, 1.82) is 5.41 Å². The fraction of sp³-hybridized carbons (Fsp3) is 0.550. The molecule has 1 heterocycles. The number of hydrogen-bond acceptors (Lipinski definition) is 6. The minimum absolute atomic E-state index is 0.0469. The number of nitrogens with zero attached hydrogens (tertiary/aromatic N) is 1. The number of nitrogens with one attached hydrogen (secondary N) is 4. The molecule has 1 unspecified atom stereocenters. The molecule has 1 aromatic carbocycles. The van der Waals surface area contributed by atoms with Gasteiger partial charge in [0.05, 0.1) is 29.6 Å². The van der Waals surface area contributed by atoms with Crippen molar-refractivity contribution in [2.75, 3.05) is 26.2 Å². The molecule has 1 saturated heterocycles. The maximum absolute atomic E-state index is 12.8. The standard InChI is InChI=1S/C20H27F3N6O5S/c21-20(22,23)12-1-5-15(6-2-12)35(32,33)28-16(18(31)27-13-3-4-13)9-17(30)26-10-14-11-29(19(24)25)7-8-34-14/h1-2,5-6,13-14,16,28H,3-4,7-11H2,(H3,24,25)(H,26,30)(H,27,31)/t14?,16-/m0/s1. The molecule has 35 heavy (non-hydrogen) atoms. The topological polar surface area (TPSA) is 167 Å². The van der Waals surface area contributed by atoms with Gasteiger partial charge in [0.2, 0.25) is 21.8 Å². The summed E-state index contributed by atoms with van der Waals surface area (Å²) in [6, 6.07) is 1.20. The SMILES string of the molecule is N=C(N)N1CCOC(CNC(=O)C[C@H](NS(=O)(=O)c2ccc(C(F)(F)F)cc2)C(=O)NC2CC2)C1. The highest BCUT2D eigenvalue weighted by Crippen LogP contribution is 2.29. The number of rotatable bonds is 9. The molecule has 0 spiro atoms. The molecule has 15 heteroatoms. The van der Waals surface area contributed by atoms with E-state index in [0.717, 1.165) is 25.0 Å². The summed E-state index contributed by atoms with van der Waals surface area (Å²) in [5.41, 5.74) is 4.45. The predicted octanol–water partition coefficient (Wildman–Crippen LogP) is -0.269. The van der Waals surface area contributed by atoms with Gasteiger partial charge in [-0.25, -0.2) is 8.42 Å².